The third-order valence-electron chi connectivity index (χ3n) is 7.12. The van der Waals surface area contributed by atoms with Gasteiger partial charge in [0.05, 0.1) is 10.7 Å². The number of hydrogen-bond donors (Lipinski definition) is 1. The SMILES string of the molecule is CCN1CCCc2cc3c(cc21)Oc1c(c(=O)n(C)c2cc4c(cc12)CCNC=4C)=C3. The topological polar surface area (TPSA) is 46.5 Å². The molecule has 0 bridgehead atoms. The molecule has 3 aliphatic heterocycles. The Morgan fingerprint density at radius 2 is 2.00 bits per heavy atom. The monoisotopic (exact) mass is 413 g/mol. The maximum atomic E-state index is 13.3. The van der Waals surface area contributed by atoms with Gasteiger partial charge in [0.25, 0.3) is 5.56 Å². The fourth-order valence-corrected chi connectivity index (χ4v) is 5.40. The molecule has 31 heavy (non-hydrogen) atoms. The molecule has 2 aromatic carbocycles. The Bertz CT molecular complexity index is 1450. The Morgan fingerprint density at radius 3 is 2.84 bits per heavy atom. The Balaban J connectivity index is 1.65. The van der Waals surface area contributed by atoms with Crippen LogP contribution in [0, 0.1) is 0 Å². The van der Waals surface area contributed by atoms with E-state index in [2.05, 4.69) is 48.3 Å². The summed E-state index contributed by atoms with van der Waals surface area (Å²) in [6.07, 6.45) is 5.24. The summed E-state index contributed by atoms with van der Waals surface area (Å²) < 4.78 is 8.27. The summed E-state index contributed by atoms with van der Waals surface area (Å²) in [4.78, 5) is 15.7. The molecule has 5 heteroatoms. The fraction of sp³-hybridized carbons (Fsp3) is 0.346. The van der Waals surface area contributed by atoms with E-state index in [9.17, 15) is 4.79 Å². The van der Waals surface area contributed by atoms with E-state index in [1.165, 1.54) is 28.5 Å². The van der Waals surface area contributed by atoms with Crippen molar-refractivity contribution in [3.05, 3.63) is 61.7 Å². The number of benzene rings is 2. The maximum Gasteiger partial charge on any atom is 0.261 e. The highest BCUT2D eigenvalue weighted by molar-refractivity contribution is 5.89. The van der Waals surface area contributed by atoms with Crippen molar-refractivity contribution in [1.29, 1.82) is 0 Å². The van der Waals surface area contributed by atoms with Crippen LogP contribution in [0.25, 0.3) is 22.7 Å². The number of aromatic nitrogens is 1. The third-order valence-corrected chi connectivity index (χ3v) is 7.12. The molecule has 0 aliphatic carbocycles. The minimum Gasteiger partial charge on any atom is -0.455 e. The van der Waals surface area contributed by atoms with E-state index in [0.29, 0.717) is 11.0 Å². The Kier molecular flexibility index (Phi) is 3.98. The Morgan fingerprint density at radius 1 is 1.13 bits per heavy atom. The van der Waals surface area contributed by atoms with Gasteiger partial charge in [0.1, 0.15) is 11.5 Å². The van der Waals surface area contributed by atoms with E-state index >= 15 is 0 Å². The Hall–Kier alpha value is -3.21. The predicted octanol–water partition coefficient (Wildman–Crippen LogP) is 2.52. The molecule has 0 amide bonds. The predicted molar refractivity (Wildman–Crippen MR) is 126 cm³/mol. The zero-order chi connectivity index (χ0) is 21.3. The van der Waals surface area contributed by atoms with Crippen LogP contribution in [-0.2, 0) is 19.9 Å². The van der Waals surface area contributed by atoms with E-state index in [1.54, 1.807) is 4.57 Å². The van der Waals surface area contributed by atoms with Gasteiger partial charge in [0, 0.05) is 55.1 Å². The largest absolute Gasteiger partial charge is 0.455 e. The molecule has 1 aromatic heterocycles. The number of aryl methyl sites for hydroxylation is 2. The molecule has 0 saturated carbocycles. The zero-order valence-corrected chi connectivity index (χ0v) is 18.3. The van der Waals surface area contributed by atoms with Gasteiger partial charge in [0.2, 0.25) is 0 Å². The molecule has 158 valence electrons. The van der Waals surface area contributed by atoms with Gasteiger partial charge >= 0.3 is 0 Å². The van der Waals surface area contributed by atoms with Crippen molar-refractivity contribution in [2.24, 2.45) is 7.05 Å². The van der Waals surface area contributed by atoms with Crippen LogP contribution in [0.1, 0.15) is 37.0 Å². The lowest BCUT2D eigenvalue weighted by molar-refractivity contribution is 0.475. The van der Waals surface area contributed by atoms with Crippen LogP contribution in [0.3, 0.4) is 0 Å². The first-order valence-electron chi connectivity index (χ1n) is 11.3. The highest BCUT2D eigenvalue weighted by Gasteiger charge is 2.24. The molecule has 6 rings (SSSR count). The minimum absolute atomic E-state index is 0.0116. The van der Waals surface area contributed by atoms with Crippen LogP contribution < -0.4 is 31.0 Å². The molecule has 5 nitrogen and oxygen atoms in total. The molecule has 3 aromatic rings. The normalized spacial score (nSPS) is 16.5. The standard InChI is InChI=1S/C26H27N3O2/c1-4-29-9-5-6-17-10-18-12-21-25(31-24(18)14-22(17)29)20-11-16-7-8-27-15(2)19(16)13-23(20)28(3)26(21)30/h10-14,27H,4-9H2,1-3H3. The molecule has 0 spiro atoms. The minimum atomic E-state index is -0.0116. The second-order valence-corrected chi connectivity index (χ2v) is 8.88. The summed E-state index contributed by atoms with van der Waals surface area (Å²) in [5, 5.41) is 6.30. The fourth-order valence-electron chi connectivity index (χ4n) is 5.40. The van der Waals surface area contributed by atoms with Crippen molar-refractivity contribution in [2.45, 2.75) is 33.1 Å². The first-order chi connectivity index (χ1) is 15.0. The van der Waals surface area contributed by atoms with Gasteiger partial charge in [-0.3, -0.25) is 4.79 Å². The smallest absolute Gasteiger partial charge is 0.261 e. The van der Waals surface area contributed by atoms with E-state index in [4.69, 9.17) is 4.74 Å². The number of pyridine rings is 1. The third kappa shape index (κ3) is 2.65. The van der Waals surface area contributed by atoms with Gasteiger partial charge in [-0.25, -0.2) is 0 Å². The molecule has 1 N–H and O–H groups in total. The van der Waals surface area contributed by atoms with Crippen molar-refractivity contribution in [3.8, 4) is 11.5 Å². The van der Waals surface area contributed by atoms with Crippen molar-refractivity contribution in [3.63, 3.8) is 0 Å². The van der Waals surface area contributed by atoms with Crippen molar-refractivity contribution < 1.29 is 4.74 Å². The number of fused-ring (bicyclic) bond motifs is 6. The van der Waals surface area contributed by atoms with Crippen LogP contribution in [0.15, 0.2) is 29.1 Å². The van der Waals surface area contributed by atoms with E-state index in [0.717, 1.165) is 60.4 Å². The Labute approximate surface area is 181 Å². The number of rotatable bonds is 1. The highest BCUT2D eigenvalue weighted by Crippen LogP contribution is 2.38. The lowest BCUT2D eigenvalue weighted by atomic mass is 9.96. The lowest BCUT2D eigenvalue weighted by Crippen LogP contribution is -2.37. The quantitative estimate of drug-likeness (QED) is 0.521. The molecule has 4 heterocycles. The summed E-state index contributed by atoms with van der Waals surface area (Å²) in [5.74, 6) is 1.55. The lowest BCUT2D eigenvalue weighted by Gasteiger charge is -2.31. The van der Waals surface area contributed by atoms with E-state index in [-0.39, 0.29) is 5.56 Å². The molecule has 3 aliphatic rings. The van der Waals surface area contributed by atoms with Gasteiger partial charge in [-0.05, 0) is 73.7 Å². The number of ether oxygens (including phenoxy) is 1. The van der Waals surface area contributed by atoms with Crippen molar-refractivity contribution in [2.75, 3.05) is 24.5 Å². The van der Waals surface area contributed by atoms with Crippen LogP contribution in [-0.4, -0.2) is 24.2 Å². The van der Waals surface area contributed by atoms with E-state index < -0.39 is 0 Å². The van der Waals surface area contributed by atoms with Crippen molar-refractivity contribution >= 4 is 28.4 Å². The number of nitrogens with one attached hydrogen (secondary N) is 1. The number of nitrogens with zero attached hydrogens (tertiary/aromatic N) is 2. The highest BCUT2D eigenvalue weighted by atomic mass is 16.5. The summed E-state index contributed by atoms with van der Waals surface area (Å²) >= 11 is 0. The second-order valence-electron chi connectivity index (χ2n) is 8.88. The van der Waals surface area contributed by atoms with Gasteiger partial charge in [-0.1, -0.05) is 0 Å². The number of hydrogen-bond acceptors (Lipinski definition) is 4. The molecule has 0 saturated heterocycles. The van der Waals surface area contributed by atoms with Crippen LogP contribution in [0.2, 0.25) is 0 Å². The van der Waals surface area contributed by atoms with Crippen LogP contribution >= 0.6 is 0 Å². The average Bonchev–Trinajstić information content (AvgIpc) is 2.79. The molecular formula is C26H27N3O2. The van der Waals surface area contributed by atoms with E-state index in [1.807, 2.05) is 13.1 Å². The summed E-state index contributed by atoms with van der Waals surface area (Å²) in [6.45, 7) is 7.31. The molecular weight excluding hydrogens is 386 g/mol. The molecule has 0 fully saturated rings. The zero-order valence-electron chi connectivity index (χ0n) is 18.3. The summed E-state index contributed by atoms with van der Waals surface area (Å²) in [6, 6.07) is 8.76. The maximum absolute atomic E-state index is 13.3. The van der Waals surface area contributed by atoms with Gasteiger partial charge in [0.15, 0.2) is 0 Å². The molecule has 0 atom stereocenters. The van der Waals surface area contributed by atoms with Crippen LogP contribution in [0.5, 0.6) is 11.5 Å². The summed E-state index contributed by atoms with van der Waals surface area (Å²) in [7, 11) is 1.86. The molecule has 0 radical (unpaired) electrons. The van der Waals surface area contributed by atoms with Gasteiger partial charge < -0.3 is 19.5 Å². The summed E-state index contributed by atoms with van der Waals surface area (Å²) in [5.41, 5.74) is 7.00. The first kappa shape index (κ1) is 18.6. The average molecular weight is 414 g/mol. The van der Waals surface area contributed by atoms with Crippen LogP contribution in [0.4, 0.5) is 5.69 Å². The van der Waals surface area contributed by atoms with Gasteiger partial charge in [-0.2, -0.15) is 0 Å². The first-order valence-corrected chi connectivity index (χ1v) is 11.3. The van der Waals surface area contributed by atoms with Gasteiger partial charge in [-0.15, -0.1) is 0 Å². The van der Waals surface area contributed by atoms with Crippen molar-refractivity contribution in [1.82, 2.24) is 9.88 Å². The second kappa shape index (κ2) is 6.64. The number of anilines is 1. The molecule has 0 unspecified atom stereocenters.